The maximum absolute atomic E-state index is 12.4. The maximum Gasteiger partial charge on any atom is 0.242 e. The molecule has 20 heavy (non-hydrogen) atoms. The lowest BCUT2D eigenvalue weighted by molar-refractivity contribution is 0.522. The number of aryl methyl sites for hydroxylation is 2. The predicted molar refractivity (Wildman–Crippen MR) is 81.5 cm³/mol. The minimum absolute atomic E-state index is 0.132. The SMILES string of the molecule is Cc1cc(N)c(S(=O)(=O)NC2CCS(=O)CC2)cc1C. The molecule has 112 valence electrons. The minimum atomic E-state index is -3.62. The van der Waals surface area contributed by atoms with Gasteiger partial charge >= 0.3 is 0 Å². The molecule has 0 radical (unpaired) electrons. The summed E-state index contributed by atoms with van der Waals surface area (Å²) < 4.78 is 38.8. The molecule has 1 heterocycles. The standard InChI is InChI=1S/C13H20N2O3S2/c1-9-7-12(14)13(8-10(9)2)20(17,18)15-11-3-5-19(16)6-4-11/h7-8,11,15H,3-6,14H2,1-2H3. The summed E-state index contributed by atoms with van der Waals surface area (Å²) >= 11 is 0. The van der Waals surface area contributed by atoms with E-state index in [4.69, 9.17) is 5.73 Å². The number of nitrogen functional groups attached to an aromatic ring is 1. The first-order chi connectivity index (χ1) is 9.29. The first-order valence-electron chi connectivity index (χ1n) is 6.53. The van der Waals surface area contributed by atoms with Crippen LogP contribution in [0, 0.1) is 13.8 Å². The molecule has 7 heteroatoms. The molecule has 0 aromatic heterocycles. The van der Waals surface area contributed by atoms with Crippen LogP contribution < -0.4 is 10.5 Å². The van der Waals surface area contributed by atoms with Crippen molar-refractivity contribution in [3.63, 3.8) is 0 Å². The van der Waals surface area contributed by atoms with Gasteiger partial charge in [0.05, 0.1) is 5.69 Å². The number of hydrogen-bond donors (Lipinski definition) is 2. The molecule has 1 aliphatic rings. The summed E-state index contributed by atoms with van der Waals surface area (Å²) in [5, 5.41) is 0. The quantitative estimate of drug-likeness (QED) is 0.817. The average molecular weight is 316 g/mol. The highest BCUT2D eigenvalue weighted by Crippen LogP contribution is 2.23. The van der Waals surface area contributed by atoms with E-state index in [9.17, 15) is 12.6 Å². The van der Waals surface area contributed by atoms with Crippen molar-refractivity contribution in [2.75, 3.05) is 17.2 Å². The number of sulfonamides is 1. The van der Waals surface area contributed by atoms with Crippen LogP contribution in [0.5, 0.6) is 0 Å². The van der Waals surface area contributed by atoms with Crippen molar-refractivity contribution in [1.29, 1.82) is 0 Å². The lowest BCUT2D eigenvalue weighted by atomic mass is 10.1. The second kappa shape index (κ2) is 5.83. The summed E-state index contributed by atoms with van der Waals surface area (Å²) in [6.45, 7) is 3.75. The van der Waals surface area contributed by atoms with Gasteiger partial charge < -0.3 is 5.73 Å². The van der Waals surface area contributed by atoms with E-state index in [1.54, 1.807) is 12.1 Å². The van der Waals surface area contributed by atoms with Crippen molar-refractivity contribution < 1.29 is 12.6 Å². The molecule has 0 saturated carbocycles. The maximum atomic E-state index is 12.4. The molecule has 2 rings (SSSR count). The molecule has 0 spiro atoms. The third-order valence-electron chi connectivity index (χ3n) is 3.63. The van der Waals surface area contributed by atoms with E-state index in [0.717, 1.165) is 11.1 Å². The summed E-state index contributed by atoms with van der Waals surface area (Å²) in [6.07, 6.45) is 1.22. The highest BCUT2D eigenvalue weighted by Gasteiger charge is 2.25. The molecule has 1 aromatic carbocycles. The fourth-order valence-corrected chi connectivity index (χ4v) is 5.04. The smallest absolute Gasteiger partial charge is 0.242 e. The van der Waals surface area contributed by atoms with Crippen molar-refractivity contribution in [3.8, 4) is 0 Å². The molecule has 1 aliphatic heterocycles. The zero-order valence-electron chi connectivity index (χ0n) is 11.7. The van der Waals surface area contributed by atoms with E-state index in [-0.39, 0.29) is 16.6 Å². The van der Waals surface area contributed by atoms with Gasteiger partial charge in [-0.25, -0.2) is 13.1 Å². The Balaban J connectivity index is 2.22. The lowest BCUT2D eigenvalue weighted by Crippen LogP contribution is -2.39. The summed E-state index contributed by atoms with van der Waals surface area (Å²) in [7, 11) is -4.43. The van der Waals surface area contributed by atoms with Crippen LogP contribution in [0.4, 0.5) is 5.69 Å². The Hall–Kier alpha value is -0.920. The summed E-state index contributed by atoms with van der Waals surface area (Å²) in [5.74, 6) is 1.10. The molecule has 0 aliphatic carbocycles. The normalized spacial score (nSPS) is 23.7. The third-order valence-corrected chi connectivity index (χ3v) is 6.58. The van der Waals surface area contributed by atoms with E-state index < -0.39 is 20.8 Å². The van der Waals surface area contributed by atoms with Gasteiger partial charge in [-0.15, -0.1) is 0 Å². The molecule has 3 N–H and O–H groups in total. The Kier molecular flexibility index (Phi) is 4.51. The molecule has 1 fully saturated rings. The van der Waals surface area contributed by atoms with Gasteiger partial charge in [-0.05, 0) is 49.9 Å². The van der Waals surface area contributed by atoms with Gasteiger partial charge in [-0.3, -0.25) is 4.21 Å². The van der Waals surface area contributed by atoms with Crippen molar-refractivity contribution in [1.82, 2.24) is 4.72 Å². The Morgan fingerprint density at radius 3 is 2.35 bits per heavy atom. The van der Waals surface area contributed by atoms with Crippen molar-refractivity contribution >= 4 is 26.5 Å². The van der Waals surface area contributed by atoms with Crippen molar-refractivity contribution in [3.05, 3.63) is 23.3 Å². The largest absolute Gasteiger partial charge is 0.398 e. The fourth-order valence-electron chi connectivity index (χ4n) is 2.24. The number of anilines is 1. The molecule has 0 amide bonds. The molecule has 5 nitrogen and oxygen atoms in total. The Labute approximate surface area is 122 Å². The molecular weight excluding hydrogens is 296 g/mol. The number of hydrogen-bond acceptors (Lipinski definition) is 4. The van der Waals surface area contributed by atoms with Gasteiger partial charge in [0.1, 0.15) is 4.90 Å². The van der Waals surface area contributed by atoms with Gasteiger partial charge in [-0.1, -0.05) is 0 Å². The van der Waals surface area contributed by atoms with Gasteiger partial charge in [0, 0.05) is 28.3 Å². The summed E-state index contributed by atoms with van der Waals surface area (Å²) in [6, 6.07) is 3.13. The molecule has 0 bridgehead atoms. The van der Waals surface area contributed by atoms with Crippen molar-refractivity contribution in [2.24, 2.45) is 0 Å². The van der Waals surface area contributed by atoms with Crippen LogP contribution in [-0.2, 0) is 20.8 Å². The molecular formula is C13H20N2O3S2. The highest BCUT2D eigenvalue weighted by molar-refractivity contribution is 7.89. The van der Waals surface area contributed by atoms with Crippen LogP contribution in [0.2, 0.25) is 0 Å². The molecule has 1 aromatic rings. The monoisotopic (exact) mass is 316 g/mol. The first-order valence-corrected chi connectivity index (χ1v) is 9.51. The zero-order chi connectivity index (χ0) is 14.9. The zero-order valence-corrected chi connectivity index (χ0v) is 13.3. The van der Waals surface area contributed by atoms with Gasteiger partial charge in [0.15, 0.2) is 0 Å². The van der Waals surface area contributed by atoms with Crippen LogP contribution in [-0.4, -0.2) is 30.2 Å². The van der Waals surface area contributed by atoms with Gasteiger partial charge in [0.2, 0.25) is 10.0 Å². The van der Waals surface area contributed by atoms with Crippen LogP contribution >= 0.6 is 0 Å². The Morgan fingerprint density at radius 1 is 1.20 bits per heavy atom. The highest BCUT2D eigenvalue weighted by atomic mass is 32.2. The average Bonchev–Trinajstić information content (AvgIpc) is 2.36. The number of rotatable bonds is 3. The van der Waals surface area contributed by atoms with Crippen LogP contribution in [0.25, 0.3) is 0 Å². The molecule has 1 saturated heterocycles. The number of nitrogens with two attached hydrogens (primary N) is 1. The second-order valence-electron chi connectivity index (χ2n) is 5.22. The predicted octanol–water partition coefficient (Wildman–Crippen LogP) is 1.08. The summed E-state index contributed by atoms with van der Waals surface area (Å²) in [4.78, 5) is 0.132. The van der Waals surface area contributed by atoms with E-state index in [1.165, 1.54) is 0 Å². The number of benzene rings is 1. The Morgan fingerprint density at radius 2 is 1.75 bits per heavy atom. The number of nitrogens with one attached hydrogen (secondary N) is 1. The van der Waals surface area contributed by atoms with Crippen LogP contribution in [0.1, 0.15) is 24.0 Å². The van der Waals surface area contributed by atoms with Crippen LogP contribution in [0.3, 0.4) is 0 Å². The van der Waals surface area contributed by atoms with Gasteiger partial charge in [0.25, 0.3) is 0 Å². The lowest BCUT2D eigenvalue weighted by Gasteiger charge is -2.23. The topological polar surface area (TPSA) is 89.3 Å². The minimum Gasteiger partial charge on any atom is -0.398 e. The molecule has 0 atom stereocenters. The fraction of sp³-hybridized carbons (Fsp3) is 0.538. The Bertz CT molecular complexity index is 631. The van der Waals surface area contributed by atoms with Crippen LogP contribution in [0.15, 0.2) is 17.0 Å². The van der Waals surface area contributed by atoms with E-state index in [2.05, 4.69) is 4.72 Å². The summed E-state index contributed by atoms with van der Waals surface area (Å²) in [5.41, 5.74) is 7.96. The van der Waals surface area contributed by atoms with E-state index in [0.29, 0.717) is 24.3 Å². The molecule has 0 unspecified atom stereocenters. The van der Waals surface area contributed by atoms with E-state index in [1.807, 2.05) is 13.8 Å². The van der Waals surface area contributed by atoms with Crippen molar-refractivity contribution in [2.45, 2.75) is 37.6 Å². The second-order valence-corrected chi connectivity index (χ2v) is 8.60. The van der Waals surface area contributed by atoms with E-state index >= 15 is 0 Å². The van der Waals surface area contributed by atoms with Gasteiger partial charge in [-0.2, -0.15) is 0 Å². The third kappa shape index (κ3) is 3.39. The first kappa shape index (κ1) is 15.5.